The van der Waals surface area contributed by atoms with Crippen molar-refractivity contribution in [2.24, 2.45) is 0 Å². The Morgan fingerprint density at radius 2 is 2.06 bits per heavy atom. The number of esters is 1. The van der Waals surface area contributed by atoms with Gasteiger partial charge in [0, 0.05) is 10.9 Å². The summed E-state index contributed by atoms with van der Waals surface area (Å²) in [5, 5.41) is 10.3. The predicted molar refractivity (Wildman–Crippen MR) is 60.9 cm³/mol. The lowest BCUT2D eigenvalue weighted by molar-refractivity contribution is -0.137. The van der Waals surface area contributed by atoms with Gasteiger partial charge in [-0.2, -0.15) is 0 Å². The number of benzene rings is 1. The topological polar surface area (TPSA) is 79.4 Å². The van der Waals surface area contributed by atoms with Crippen LogP contribution in [0.25, 0.3) is 10.9 Å². The third-order valence-electron chi connectivity index (χ3n) is 2.37. The van der Waals surface area contributed by atoms with Gasteiger partial charge in [0.25, 0.3) is 5.78 Å². The molecule has 0 aliphatic carbocycles. The molecule has 0 bridgehead atoms. The number of aromatic amines is 1. The SMILES string of the molecule is CCOC(=O)C(=O)c1[nH]c2ccccc2c1O. The lowest BCUT2D eigenvalue weighted by atomic mass is 10.2. The maximum Gasteiger partial charge on any atom is 0.381 e. The molecule has 88 valence electrons. The minimum absolute atomic E-state index is 0.117. The molecule has 0 amide bonds. The summed E-state index contributed by atoms with van der Waals surface area (Å²) in [6.07, 6.45) is 0. The molecular formula is C12H11NO4. The fourth-order valence-corrected chi connectivity index (χ4v) is 1.59. The van der Waals surface area contributed by atoms with Crippen molar-refractivity contribution in [1.29, 1.82) is 0 Å². The van der Waals surface area contributed by atoms with Crippen LogP contribution < -0.4 is 0 Å². The second-order valence-electron chi connectivity index (χ2n) is 3.44. The molecule has 0 fully saturated rings. The van der Waals surface area contributed by atoms with Gasteiger partial charge in [0.1, 0.15) is 5.69 Å². The van der Waals surface area contributed by atoms with Gasteiger partial charge in [0.2, 0.25) is 0 Å². The maximum absolute atomic E-state index is 11.7. The van der Waals surface area contributed by atoms with Gasteiger partial charge in [-0.15, -0.1) is 0 Å². The van der Waals surface area contributed by atoms with Gasteiger partial charge in [-0.3, -0.25) is 4.79 Å². The Labute approximate surface area is 97.0 Å². The highest BCUT2D eigenvalue weighted by molar-refractivity contribution is 6.41. The first-order valence-electron chi connectivity index (χ1n) is 5.16. The lowest BCUT2D eigenvalue weighted by Crippen LogP contribution is -2.17. The van der Waals surface area contributed by atoms with Crippen LogP contribution in [0.3, 0.4) is 0 Å². The number of aromatic nitrogens is 1. The van der Waals surface area contributed by atoms with Crippen LogP contribution in [0.1, 0.15) is 17.4 Å². The average Bonchev–Trinajstić information content (AvgIpc) is 2.67. The van der Waals surface area contributed by atoms with Gasteiger partial charge in [-0.05, 0) is 19.1 Å². The number of aromatic hydroxyl groups is 1. The number of carbonyl (C=O) groups excluding carboxylic acids is 2. The van der Waals surface area contributed by atoms with Crippen molar-refractivity contribution in [3.8, 4) is 5.75 Å². The molecule has 0 spiro atoms. The molecule has 0 saturated carbocycles. The molecule has 5 heteroatoms. The van der Waals surface area contributed by atoms with Crippen LogP contribution >= 0.6 is 0 Å². The number of rotatable bonds is 3. The van der Waals surface area contributed by atoms with Gasteiger partial charge < -0.3 is 14.8 Å². The Bertz CT molecular complexity index is 585. The fourth-order valence-electron chi connectivity index (χ4n) is 1.59. The summed E-state index contributed by atoms with van der Waals surface area (Å²) in [5.74, 6) is -2.08. The molecule has 2 N–H and O–H groups in total. The van der Waals surface area contributed by atoms with Crippen LogP contribution in [0, 0.1) is 0 Å². The van der Waals surface area contributed by atoms with Gasteiger partial charge >= 0.3 is 5.97 Å². The molecule has 0 aliphatic heterocycles. The summed E-state index contributed by atoms with van der Waals surface area (Å²) in [6.45, 7) is 1.72. The van der Waals surface area contributed by atoms with E-state index in [1.54, 1.807) is 31.2 Å². The molecule has 5 nitrogen and oxygen atoms in total. The van der Waals surface area contributed by atoms with Crippen LogP contribution in [-0.2, 0) is 9.53 Å². The zero-order chi connectivity index (χ0) is 12.4. The third-order valence-corrected chi connectivity index (χ3v) is 2.37. The fraction of sp³-hybridized carbons (Fsp3) is 0.167. The molecule has 17 heavy (non-hydrogen) atoms. The summed E-state index contributed by atoms with van der Waals surface area (Å²) in [4.78, 5) is 25.6. The van der Waals surface area contributed by atoms with E-state index in [1.165, 1.54) is 0 Å². The molecule has 1 aromatic carbocycles. The summed E-state index contributed by atoms with van der Waals surface area (Å²) >= 11 is 0. The van der Waals surface area contributed by atoms with E-state index >= 15 is 0 Å². The highest BCUT2D eigenvalue weighted by Gasteiger charge is 2.24. The number of ketones is 1. The number of Topliss-reactive ketones (excluding diaryl/α,β-unsaturated/α-hetero) is 1. The Hall–Kier alpha value is -2.30. The average molecular weight is 233 g/mol. The van der Waals surface area contributed by atoms with Crippen molar-refractivity contribution >= 4 is 22.7 Å². The number of nitrogens with one attached hydrogen (secondary N) is 1. The molecular weight excluding hydrogens is 222 g/mol. The second-order valence-corrected chi connectivity index (χ2v) is 3.44. The smallest absolute Gasteiger partial charge is 0.381 e. The molecule has 0 unspecified atom stereocenters. The molecule has 1 heterocycles. The lowest BCUT2D eigenvalue weighted by Gasteiger charge is -1.99. The molecule has 2 aromatic rings. The van der Waals surface area contributed by atoms with Crippen molar-refractivity contribution in [1.82, 2.24) is 4.98 Å². The summed E-state index contributed by atoms with van der Waals surface area (Å²) in [7, 11) is 0. The van der Waals surface area contributed by atoms with Crippen molar-refractivity contribution in [2.75, 3.05) is 6.61 Å². The minimum atomic E-state index is -0.977. The maximum atomic E-state index is 11.7. The minimum Gasteiger partial charge on any atom is -0.505 e. The highest BCUT2D eigenvalue weighted by atomic mass is 16.5. The number of hydrogen-bond donors (Lipinski definition) is 2. The molecule has 1 aromatic heterocycles. The van der Waals surface area contributed by atoms with E-state index in [-0.39, 0.29) is 18.1 Å². The number of para-hydroxylation sites is 1. The van der Waals surface area contributed by atoms with Crippen LogP contribution in [0.15, 0.2) is 24.3 Å². The molecule has 0 aliphatic rings. The van der Waals surface area contributed by atoms with E-state index in [0.29, 0.717) is 10.9 Å². The van der Waals surface area contributed by atoms with Gasteiger partial charge in [0.15, 0.2) is 5.75 Å². The first-order chi connectivity index (χ1) is 8.15. The van der Waals surface area contributed by atoms with Gasteiger partial charge in [-0.25, -0.2) is 4.79 Å². The Kier molecular flexibility index (Phi) is 2.82. The van der Waals surface area contributed by atoms with E-state index in [4.69, 9.17) is 0 Å². The Morgan fingerprint density at radius 3 is 2.71 bits per heavy atom. The van der Waals surface area contributed by atoms with Crippen molar-refractivity contribution in [3.05, 3.63) is 30.0 Å². The number of ether oxygens (including phenoxy) is 1. The van der Waals surface area contributed by atoms with Gasteiger partial charge in [-0.1, -0.05) is 12.1 Å². The van der Waals surface area contributed by atoms with Crippen molar-refractivity contribution in [3.63, 3.8) is 0 Å². The van der Waals surface area contributed by atoms with Crippen molar-refractivity contribution < 1.29 is 19.4 Å². The number of carbonyl (C=O) groups is 2. The standard InChI is InChI=1S/C12H11NO4/c1-2-17-12(16)11(15)9-10(14)7-5-3-4-6-8(7)13-9/h3-6,13-14H,2H2,1H3. The third kappa shape index (κ3) is 1.87. The zero-order valence-electron chi connectivity index (χ0n) is 9.19. The number of fused-ring (bicyclic) bond motifs is 1. The second kappa shape index (κ2) is 4.29. The van der Waals surface area contributed by atoms with E-state index in [9.17, 15) is 14.7 Å². The normalized spacial score (nSPS) is 10.4. The monoisotopic (exact) mass is 233 g/mol. The van der Waals surface area contributed by atoms with Crippen LogP contribution in [0.2, 0.25) is 0 Å². The highest BCUT2D eigenvalue weighted by Crippen LogP contribution is 2.28. The van der Waals surface area contributed by atoms with E-state index < -0.39 is 11.8 Å². The first-order valence-corrected chi connectivity index (χ1v) is 5.16. The van der Waals surface area contributed by atoms with Crippen molar-refractivity contribution in [2.45, 2.75) is 6.92 Å². The van der Waals surface area contributed by atoms with Crippen LogP contribution in [-0.4, -0.2) is 28.4 Å². The first kappa shape index (κ1) is 11.2. The quantitative estimate of drug-likeness (QED) is 0.479. The Balaban J connectivity index is 2.46. The zero-order valence-corrected chi connectivity index (χ0v) is 9.19. The molecule has 0 radical (unpaired) electrons. The predicted octanol–water partition coefficient (Wildman–Crippen LogP) is 1.62. The Morgan fingerprint density at radius 1 is 1.35 bits per heavy atom. The summed E-state index contributed by atoms with van der Waals surface area (Å²) in [6, 6.07) is 6.85. The van der Waals surface area contributed by atoms with Crippen LogP contribution in [0.4, 0.5) is 0 Å². The van der Waals surface area contributed by atoms with E-state index in [2.05, 4.69) is 9.72 Å². The van der Waals surface area contributed by atoms with Gasteiger partial charge in [0.05, 0.1) is 6.61 Å². The molecule has 0 saturated heterocycles. The van der Waals surface area contributed by atoms with E-state index in [1.807, 2.05) is 0 Å². The molecule has 2 rings (SSSR count). The van der Waals surface area contributed by atoms with Crippen LogP contribution in [0.5, 0.6) is 5.75 Å². The summed E-state index contributed by atoms with van der Waals surface area (Å²) in [5.41, 5.74) is 0.460. The molecule has 0 atom stereocenters. The number of H-pyrrole nitrogens is 1. The number of hydrogen-bond acceptors (Lipinski definition) is 4. The summed E-state index contributed by atoms with van der Waals surface area (Å²) < 4.78 is 4.59. The van der Waals surface area contributed by atoms with E-state index in [0.717, 1.165) is 0 Å². The largest absolute Gasteiger partial charge is 0.505 e.